The van der Waals surface area contributed by atoms with Gasteiger partial charge in [0.15, 0.2) is 5.75 Å². The monoisotopic (exact) mass is 254 g/mol. The molecule has 1 N–H and O–H groups in total. The van der Waals surface area contributed by atoms with E-state index < -0.39 is 10.7 Å². The summed E-state index contributed by atoms with van der Waals surface area (Å²) in [5.41, 5.74) is -0.328. The van der Waals surface area contributed by atoms with Gasteiger partial charge in [-0.15, -0.1) is 0 Å². The number of nitro benzene ring substituents is 1. The normalized spacial score (nSPS) is 19.5. The number of hydrogen-bond acceptors (Lipinski definition) is 4. The molecule has 1 heterocycles. The lowest BCUT2D eigenvalue weighted by atomic mass is 10.1. The molecule has 1 unspecified atom stereocenters. The standard InChI is InChI=1S/C12H15FN2O3/c13-9-4-5-12(11(7-9)15(16)17)18-8-10-3-1-2-6-14-10/h4-5,7,10,14H,1-3,6,8H2. The molecular formula is C12H15FN2O3. The maximum Gasteiger partial charge on any atom is 0.313 e. The lowest BCUT2D eigenvalue weighted by Gasteiger charge is -2.23. The molecule has 0 aliphatic carbocycles. The molecule has 0 saturated carbocycles. The first kappa shape index (κ1) is 12.8. The zero-order valence-corrected chi connectivity index (χ0v) is 9.89. The molecule has 98 valence electrons. The van der Waals surface area contributed by atoms with E-state index in [1.165, 1.54) is 6.07 Å². The predicted octanol–water partition coefficient (Wildman–Crippen LogP) is 2.25. The van der Waals surface area contributed by atoms with Crippen molar-refractivity contribution in [2.24, 2.45) is 0 Å². The van der Waals surface area contributed by atoms with Gasteiger partial charge in [0.1, 0.15) is 12.4 Å². The SMILES string of the molecule is O=[N+]([O-])c1cc(F)ccc1OCC1CCCCN1. The van der Waals surface area contributed by atoms with Crippen LogP contribution in [0.2, 0.25) is 0 Å². The lowest BCUT2D eigenvalue weighted by Crippen LogP contribution is -2.38. The van der Waals surface area contributed by atoms with Crippen molar-refractivity contribution >= 4 is 5.69 Å². The molecule has 0 amide bonds. The Bertz CT molecular complexity index is 433. The second kappa shape index (κ2) is 5.77. The Balaban J connectivity index is 2.01. The van der Waals surface area contributed by atoms with Gasteiger partial charge in [0.25, 0.3) is 0 Å². The van der Waals surface area contributed by atoms with Gasteiger partial charge in [-0.3, -0.25) is 10.1 Å². The number of ether oxygens (including phenoxy) is 1. The molecule has 1 aliphatic rings. The van der Waals surface area contributed by atoms with E-state index in [-0.39, 0.29) is 17.5 Å². The van der Waals surface area contributed by atoms with Crippen LogP contribution in [0.3, 0.4) is 0 Å². The summed E-state index contributed by atoms with van der Waals surface area (Å²) < 4.78 is 18.4. The van der Waals surface area contributed by atoms with Crippen molar-refractivity contribution in [2.75, 3.05) is 13.2 Å². The zero-order valence-electron chi connectivity index (χ0n) is 9.89. The number of benzene rings is 1. The Kier molecular flexibility index (Phi) is 4.09. The number of piperidine rings is 1. The average molecular weight is 254 g/mol. The van der Waals surface area contributed by atoms with Crippen LogP contribution < -0.4 is 10.1 Å². The third-order valence-corrected chi connectivity index (χ3v) is 2.97. The van der Waals surface area contributed by atoms with Crippen molar-refractivity contribution in [3.05, 3.63) is 34.1 Å². The van der Waals surface area contributed by atoms with E-state index in [0.29, 0.717) is 6.61 Å². The van der Waals surface area contributed by atoms with E-state index in [1.807, 2.05) is 0 Å². The largest absolute Gasteiger partial charge is 0.485 e. The minimum absolute atomic E-state index is 0.119. The van der Waals surface area contributed by atoms with E-state index in [4.69, 9.17) is 4.74 Å². The molecule has 1 saturated heterocycles. The van der Waals surface area contributed by atoms with Crippen LogP contribution in [-0.4, -0.2) is 24.1 Å². The van der Waals surface area contributed by atoms with Crippen LogP contribution in [0.25, 0.3) is 0 Å². The van der Waals surface area contributed by atoms with Crippen molar-refractivity contribution in [1.29, 1.82) is 0 Å². The molecule has 18 heavy (non-hydrogen) atoms. The highest BCUT2D eigenvalue weighted by molar-refractivity contribution is 5.46. The fraction of sp³-hybridized carbons (Fsp3) is 0.500. The molecule has 1 aromatic carbocycles. The lowest BCUT2D eigenvalue weighted by molar-refractivity contribution is -0.386. The molecule has 0 bridgehead atoms. The fourth-order valence-electron chi connectivity index (χ4n) is 2.01. The first-order valence-corrected chi connectivity index (χ1v) is 5.97. The van der Waals surface area contributed by atoms with E-state index in [1.54, 1.807) is 0 Å². The Hall–Kier alpha value is -1.69. The van der Waals surface area contributed by atoms with Crippen LogP contribution in [0.5, 0.6) is 5.75 Å². The van der Waals surface area contributed by atoms with Gasteiger partial charge in [0.2, 0.25) is 0 Å². The molecular weight excluding hydrogens is 239 g/mol. The topological polar surface area (TPSA) is 64.4 Å². The Morgan fingerprint density at radius 1 is 1.50 bits per heavy atom. The summed E-state index contributed by atoms with van der Waals surface area (Å²) in [5.74, 6) is -0.515. The summed E-state index contributed by atoms with van der Waals surface area (Å²) in [5, 5.41) is 14.0. The van der Waals surface area contributed by atoms with Gasteiger partial charge in [-0.25, -0.2) is 4.39 Å². The van der Waals surface area contributed by atoms with E-state index in [2.05, 4.69) is 5.32 Å². The van der Waals surface area contributed by atoms with Gasteiger partial charge in [-0.1, -0.05) is 6.42 Å². The Labute approximate surface area is 104 Å². The van der Waals surface area contributed by atoms with Gasteiger partial charge < -0.3 is 10.1 Å². The van der Waals surface area contributed by atoms with Crippen LogP contribution in [0.1, 0.15) is 19.3 Å². The van der Waals surface area contributed by atoms with Gasteiger partial charge in [-0.05, 0) is 31.5 Å². The summed E-state index contributed by atoms with van der Waals surface area (Å²) in [7, 11) is 0. The number of halogens is 1. The van der Waals surface area contributed by atoms with Crippen LogP contribution in [0, 0.1) is 15.9 Å². The number of rotatable bonds is 4. The van der Waals surface area contributed by atoms with E-state index in [0.717, 1.165) is 37.9 Å². The highest BCUT2D eigenvalue weighted by atomic mass is 19.1. The summed E-state index contributed by atoms with van der Waals surface area (Å²) in [6.45, 7) is 1.31. The molecule has 1 fully saturated rings. The van der Waals surface area contributed by atoms with E-state index >= 15 is 0 Å². The van der Waals surface area contributed by atoms with Crippen molar-refractivity contribution < 1.29 is 14.1 Å². The molecule has 0 aromatic heterocycles. The molecule has 0 spiro atoms. The van der Waals surface area contributed by atoms with Gasteiger partial charge in [0, 0.05) is 6.04 Å². The minimum Gasteiger partial charge on any atom is -0.485 e. The molecule has 1 aromatic rings. The molecule has 0 radical (unpaired) electrons. The molecule has 2 rings (SSSR count). The average Bonchev–Trinajstić information content (AvgIpc) is 2.38. The summed E-state index contributed by atoms with van der Waals surface area (Å²) in [4.78, 5) is 10.1. The summed E-state index contributed by atoms with van der Waals surface area (Å²) in [6.07, 6.45) is 3.27. The quantitative estimate of drug-likeness (QED) is 0.661. The number of nitrogens with one attached hydrogen (secondary N) is 1. The number of nitrogens with zero attached hydrogens (tertiary/aromatic N) is 1. The maximum atomic E-state index is 12.9. The minimum atomic E-state index is -0.634. The Morgan fingerprint density at radius 3 is 3.00 bits per heavy atom. The van der Waals surface area contributed by atoms with Gasteiger partial charge in [-0.2, -0.15) is 0 Å². The number of hydrogen-bond donors (Lipinski definition) is 1. The summed E-state index contributed by atoms with van der Waals surface area (Å²) in [6, 6.07) is 3.56. The highest BCUT2D eigenvalue weighted by Gasteiger charge is 2.19. The predicted molar refractivity (Wildman–Crippen MR) is 64.2 cm³/mol. The zero-order chi connectivity index (χ0) is 13.0. The molecule has 1 atom stereocenters. The van der Waals surface area contributed by atoms with Crippen molar-refractivity contribution in [2.45, 2.75) is 25.3 Å². The maximum absolute atomic E-state index is 12.9. The second-order valence-electron chi connectivity index (χ2n) is 4.33. The smallest absolute Gasteiger partial charge is 0.313 e. The summed E-state index contributed by atoms with van der Waals surface area (Å²) >= 11 is 0. The highest BCUT2D eigenvalue weighted by Crippen LogP contribution is 2.27. The molecule has 5 nitrogen and oxygen atoms in total. The van der Waals surface area contributed by atoms with Crippen LogP contribution in [0.15, 0.2) is 18.2 Å². The van der Waals surface area contributed by atoms with Crippen molar-refractivity contribution in [1.82, 2.24) is 5.32 Å². The molecule has 1 aliphatic heterocycles. The van der Waals surface area contributed by atoms with E-state index in [9.17, 15) is 14.5 Å². The third-order valence-electron chi connectivity index (χ3n) is 2.97. The molecule has 6 heteroatoms. The first-order valence-electron chi connectivity index (χ1n) is 5.97. The second-order valence-corrected chi connectivity index (χ2v) is 4.33. The van der Waals surface area contributed by atoms with Crippen LogP contribution in [0.4, 0.5) is 10.1 Å². The van der Waals surface area contributed by atoms with Crippen LogP contribution >= 0.6 is 0 Å². The number of nitro groups is 1. The van der Waals surface area contributed by atoms with Gasteiger partial charge >= 0.3 is 5.69 Å². The van der Waals surface area contributed by atoms with Crippen molar-refractivity contribution in [3.63, 3.8) is 0 Å². The first-order chi connectivity index (χ1) is 8.66. The van der Waals surface area contributed by atoms with Crippen molar-refractivity contribution in [3.8, 4) is 5.75 Å². The fourth-order valence-corrected chi connectivity index (χ4v) is 2.01. The third kappa shape index (κ3) is 3.16. The Morgan fingerprint density at radius 2 is 2.33 bits per heavy atom. The van der Waals surface area contributed by atoms with Gasteiger partial charge in [0.05, 0.1) is 11.0 Å². The van der Waals surface area contributed by atoms with Crippen LogP contribution in [-0.2, 0) is 0 Å².